The third-order valence-corrected chi connectivity index (χ3v) is 3.38. The fourth-order valence-corrected chi connectivity index (χ4v) is 2.16. The van der Waals surface area contributed by atoms with E-state index in [2.05, 4.69) is 12.1 Å². The lowest BCUT2D eigenvalue weighted by Crippen LogP contribution is -2.35. The Kier molecular flexibility index (Phi) is 7.92. The second-order valence-electron chi connectivity index (χ2n) is 5.30. The smallest absolute Gasteiger partial charge is 0.303 e. The molecule has 0 aliphatic heterocycles. The molecule has 0 bridgehead atoms. The van der Waals surface area contributed by atoms with Crippen LogP contribution in [0.3, 0.4) is 0 Å². The van der Waals surface area contributed by atoms with Crippen molar-refractivity contribution in [1.29, 1.82) is 0 Å². The molecule has 0 fully saturated rings. The molecule has 0 N–H and O–H groups in total. The van der Waals surface area contributed by atoms with Crippen LogP contribution in [0.2, 0.25) is 0 Å². The van der Waals surface area contributed by atoms with Gasteiger partial charge in [-0.05, 0) is 12.8 Å². The molecular formula is C15H28N3O2+. The topological polar surface area (TPSA) is 48.0 Å². The van der Waals surface area contributed by atoms with Gasteiger partial charge in [0.15, 0.2) is 12.8 Å². The van der Waals surface area contributed by atoms with Crippen molar-refractivity contribution in [2.24, 2.45) is 7.05 Å². The molecule has 1 aromatic rings. The molecule has 0 saturated heterocycles. The zero-order chi connectivity index (χ0) is 14.8. The summed E-state index contributed by atoms with van der Waals surface area (Å²) in [6, 6.07) is 0. The minimum absolute atomic E-state index is 0.259. The van der Waals surface area contributed by atoms with Crippen molar-refractivity contribution in [2.45, 2.75) is 71.9 Å². The monoisotopic (exact) mass is 282 g/mol. The molecule has 5 heteroatoms. The number of aromatic nitrogens is 3. The summed E-state index contributed by atoms with van der Waals surface area (Å²) in [6.07, 6.45) is 11.0. The molecule has 0 unspecified atom stereocenters. The fraction of sp³-hybridized carbons (Fsp3) is 0.800. The van der Waals surface area contributed by atoms with E-state index in [1.54, 1.807) is 4.68 Å². The first-order chi connectivity index (χ1) is 9.63. The Balaban J connectivity index is 2.20. The van der Waals surface area contributed by atoms with Gasteiger partial charge in [0.2, 0.25) is 5.69 Å². The lowest BCUT2D eigenvalue weighted by atomic mass is 10.1. The summed E-state index contributed by atoms with van der Waals surface area (Å²) in [4.78, 5) is 10.8. The molecule has 5 nitrogen and oxygen atoms in total. The van der Waals surface area contributed by atoms with Gasteiger partial charge >= 0.3 is 5.97 Å². The van der Waals surface area contributed by atoms with E-state index in [4.69, 9.17) is 4.74 Å². The first-order valence-corrected chi connectivity index (χ1v) is 7.69. The van der Waals surface area contributed by atoms with Gasteiger partial charge in [-0.3, -0.25) is 4.79 Å². The molecule has 0 radical (unpaired) electrons. The Bertz CT molecular complexity index is 402. The SMILES string of the molecule is CCCCCCCCC[n+]1cc(COC(C)=O)n(C)n1. The third-order valence-electron chi connectivity index (χ3n) is 3.38. The normalized spacial score (nSPS) is 10.8. The average molecular weight is 282 g/mol. The molecule has 20 heavy (non-hydrogen) atoms. The minimum atomic E-state index is -0.259. The van der Waals surface area contributed by atoms with Crippen molar-refractivity contribution in [3.8, 4) is 0 Å². The van der Waals surface area contributed by atoms with Crippen LogP contribution >= 0.6 is 0 Å². The molecule has 0 spiro atoms. The van der Waals surface area contributed by atoms with Crippen molar-refractivity contribution >= 4 is 5.97 Å². The zero-order valence-corrected chi connectivity index (χ0v) is 13.1. The van der Waals surface area contributed by atoms with E-state index in [0.717, 1.165) is 18.7 Å². The summed E-state index contributed by atoms with van der Waals surface area (Å²) in [5.41, 5.74) is 0.920. The number of unbranched alkanes of at least 4 members (excludes halogenated alkanes) is 6. The van der Waals surface area contributed by atoms with Crippen LogP contribution in [0.5, 0.6) is 0 Å². The number of hydrogen-bond donors (Lipinski definition) is 0. The maximum atomic E-state index is 10.8. The van der Waals surface area contributed by atoms with Crippen LogP contribution in [0.15, 0.2) is 6.20 Å². The molecule has 0 aromatic carbocycles. The van der Waals surface area contributed by atoms with Gasteiger partial charge in [-0.15, -0.1) is 9.36 Å². The number of ether oxygens (including phenoxy) is 1. The number of nitrogens with zero attached hydrogens (tertiary/aromatic N) is 3. The van der Waals surface area contributed by atoms with Crippen molar-refractivity contribution < 1.29 is 14.2 Å². The number of rotatable bonds is 10. The number of hydrogen-bond acceptors (Lipinski definition) is 3. The molecule has 0 aliphatic carbocycles. The van der Waals surface area contributed by atoms with Gasteiger partial charge in [-0.25, -0.2) is 0 Å². The van der Waals surface area contributed by atoms with Crippen molar-refractivity contribution in [3.63, 3.8) is 0 Å². The van der Waals surface area contributed by atoms with E-state index in [-0.39, 0.29) is 5.97 Å². The number of carbonyl (C=O) groups is 1. The summed E-state index contributed by atoms with van der Waals surface area (Å²) in [6.45, 7) is 4.89. The highest BCUT2D eigenvalue weighted by atomic mass is 16.5. The van der Waals surface area contributed by atoms with Gasteiger partial charge in [0.05, 0.1) is 5.21 Å². The predicted molar refractivity (Wildman–Crippen MR) is 76.9 cm³/mol. The van der Waals surface area contributed by atoms with E-state index in [1.807, 2.05) is 17.9 Å². The van der Waals surface area contributed by atoms with Gasteiger partial charge in [-0.2, -0.15) is 0 Å². The Morgan fingerprint density at radius 3 is 2.55 bits per heavy atom. The van der Waals surface area contributed by atoms with Gasteiger partial charge < -0.3 is 4.74 Å². The molecular weight excluding hydrogens is 254 g/mol. The zero-order valence-electron chi connectivity index (χ0n) is 13.1. The Morgan fingerprint density at radius 1 is 1.25 bits per heavy atom. The van der Waals surface area contributed by atoms with Crippen molar-refractivity contribution in [2.75, 3.05) is 0 Å². The molecule has 1 aromatic heterocycles. The van der Waals surface area contributed by atoms with E-state index >= 15 is 0 Å². The second kappa shape index (κ2) is 9.50. The average Bonchev–Trinajstić information content (AvgIpc) is 2.76. The van der Waals surface area contributed by atoms with Crippen LogP contribution in [-0.2, 0) is 29.7 Å². The Morgan fingerprint density at radius 2 is 1.90 bits per heavy atom. The maximum Gasteiger partial charge on any atom is 0.303 e. The number of aryl methyl sites for hydroxylation is 2. The highest BCUT2D eigenvalue weighted by Gasteiger charge is 2.13. The second-order valence-corrected chi connectivity index (χ2v) is 5.30. The molecule has 1 heterocycles. The lowest BCUT2D eigenvalue weighted by molar-refractivity contribution is -0.755. The summed E-state index contributed by atoms with van der Waals surface area (Å²) >= 11 is 0. The van der Waals surface area contributed by atoms with Crippen molar-refractivity contribution in [3.05, 3.63) is 11.9 Å². The maximum absolute atomic E-state index is 10.8. The highest BCUT2D eigenvalue weighted by Crippen LogP contribution is 2.06. The summed E-state index contributed by atoms with van der Waals surface area (Å²) in [5, 5.41) is 4.38. The molecule has 0 atom stereocenters. The van der Waals surface area contributed by atoms with Crippen molar-refractivity contribution in [1.82, 2.24) is 9.90 Å². The Hall–Kier alpha value is -1.39. The van der Waals surface area contributed by atoms with Gasteiger partial charge in [-0.1, -0.05) is 39.0 Å². The molecule has 0 saturated carbocycles. The van der Waals surface area contributed by atoms with E-state index < -0.39 is 0 Å². The molecule has 0 amide bonds. The predicted octanol–water partition coefficient (Wildman–Crippen LogP) is 2.52. The number of esters is 1. The van der Waals surface area contributed by atoms with Crippen LogP contribution < -0.4 is 4.68 Å². The van der Waals surface area contributed by atoms with Crippen LogP contribution in [0.1, 0.15) is 64.5 Å². The molecule has 114 valence electrons. The van der Waals surface area contributed by atoms with Crippen LogP contribution in [0, 0.1) is 0 Å². The first kappa shape index (κ1) is 16.7. The summed E-state index contributed by atoms with van der Waals surface area (Å²) < 4.78 is 8.69. The lowest BCUT2D eigenvalue weighted by Gasteiger charge is -1.98. The van der Waals surface area contributed by atoms with Crippen LogP contribution in [0.25, 0.3) is 0 Å². The van der Waals surface area contributed by atoms with Gasteiger partial charge in [0, 0.05) is 6.92 Å². The van der Waals surface area contributed by atoms with Gasteiger partial charge in [0.25, 0.3) is 0 Å². The van der Waals surface area contributed by atoms with Crippen LogP contribution in [-0.4, -0.2) is 15.9 Å². The van der Waals surface area contributed by atoms with E-state index in [9.17, 15) is 4.79 Å². The summed E-state index contributed by atoms with van der Waals surface area (Å²) in [7, 11) is 1.88. The third kappa shape index (κ3) is 6.68. The minimum Gasteiger partial charge on any atom is -0.457 e. The highest BCUT2D eigenvalue weighted by molar-refractivity contribution is 5.65. The fourth-order valence-electron chi connectivity index (χ4n) is 2.16. The Labute approximate surface area is 121 Å². The number of carbonyl (C=O) groups excluding carboxylic acids is 1. The standard InChI is InChI=1S/C15H28N3O2/c1-4-5-6-7-8-9-10-11-18-12-15(17(3)16-18)13-20-14(2)19/h12H,4-11,13H2,1-3H3/q+1. The van der Waals surface area contributed by atoms with Gasteiger partial charge in [0.1, 0.15) is 13.6 Å². The summed E-state index contributed by atoms with van der Waals surface area (Å²) in [5.74, 6) is -0.259. The quantitative estimate of drug-likeness (QED) is 0.376. The van der Waals surface area contributed by atoms with E-state index in [0.29, 0.717) is 6.61 Å². The molecule has 1 rings (SSSR count). The van der Waals surface area contributed by atoms with Crippen LogP contribution in [0.4, 0.5) is 0 Å². The first-order valence-electron chi connectivity index (χ1n) is 7.69. The van der Waals surface area contributed by atoms with E-state index in [1.165, 1.54) is 45.4 Å². The molecule has 0 aliphatic rings. The largest absolute Gasteiger partial charge is 0.457 e.